The van der Waals surface area contributed by atoms with E-state index in [1.807, 2.05) is 24.2 Å². The molecule has 0 amide bonds. The number of nitrogens with zero attached hydrogens (tertiary/aromatic N) is 1. The molecule has 4 N–H and O–H groups in total. The highest BCUT2D eigenvalue weighted by Crippen LogP contribution is 2.19. The lowest BCUT2D eigenvalue weighted by Crippen LogP contribution is -2.48. The van der Waals surface area contributed by atoms with E-state index in [-0.39, 0.29) is 11.8 Å². The van der Waals surface area contributed by atoms with Crippen LogP contribution in [-0.2, 0) is 0 Å². The third kappa shape index (κ3) is 6.93. The number of hydrazine groups is 2. The van der Waals surface area contributed by atoms with Gasteiger partial charge in [0, 0.05) is 37.4 Å². The summed E-state index contributed by atoms with van der Waals surface area (Å²) in [5, 5.41) is 15.1. The summed E-state index contributed by atoms with van der Waals surface area (Å²) in [5.41, 5.74) is 8.56. The molecule has 1 rings (SSSR count). The van der Waals surface area contributed by atoms with E-state index in [9.17, 15) is 5.11 Å². The molecule has 0 spiro atoms. The largest absolute Gasteiger partial charge is 0.508 e. The number of rotatable bonds is 9. The first-order valence-corrected chi connectivity index (χ1v) is 7.83. The zero-order chi connectivity index (χ0) is 16.5. The monoisotopic (exact) mass is 306 g/mol. The first kappa shape index (κ1) is 18.5. The van der Waals surface area contributed by atoms with E-state index in [0.717, 1.165) is 18.7 Å². The van der Waals surface area contributed by atoms with Crippen molar-refractivity contribution in [1.29, 1.82) is 0 Å². The van der Waals surface area contributed by atoms with E-state index in [1.54, 1.807) is 12.1 Å². The summed E-state index contributed by atoms with van der Waals surface area (Å²) in [7, 11) is 2.02. The van der Waals surface area contributed by atoms with E-state index in [1.165, 1.54) is 5.57 Å². The van der Waals surface area contributed by atoms with Gasteiger partial charge < -0.3 is 10.4 Å². The zero-order valence-electron chi connectivity index (χ0n) is 14.4. The molecule has 0 aliphatic rings. The second-order valence-electron chi connectivity index (χ2n) is 5.90. The molecule has 1 aromatic rings. The van der Waals surface area contributed by atoms with Crippen molar-refractivity contribution in [2.24, 2.45) is 0 Å². The van der Waals surface area contributed by atoms with Crippen LogP contribution < -0.4 is 16.3 Å². The normalized spacial score (nSPS) is 13.7. The van der Waals surface area contributed by atoms with Crippen LogP contribution in [0.1, 0.15) is 34.1 Å². The van der Waals surface area contributed by atoms with E-state index >= 15 is 0 Å². The Bertz CT molecular complexity index is 473. The summed E-state index contributed by atoms with van der Waals surface area (Å²) in [5.74, 6) is 0.279. The predicted molar refractivity (Wildman–Crippen MR) is 93.6 cm³/mol. The highest BCUT2D eigenvalue weighted by molar-refractivity contribution is 5.49. The van der Waals surface area contributed by atoms with E-state index in [4.69, 9.17) is 0 Å². The van der Waals surface area contributed by atoms with Crippen molar-refractivity contribution >= 4 is 5.69 Å². The number of anilines is 1. The van der Waals surface area contributed by atoms with Crippen LogP contribution in [0.25, 0.3) is 0 Å². The van der Waals surface area contributed by atoms with Gasteiger partial charge in [-0.25, -0.2) is 10.4 Å². The van der Waals surface area contributed by atoms with Crippen molar-refractivity contribution in [3.05, 3.63) is 35.9 Å². The number of phenols is 1. The Hall–Kier alpha value is -1.56. The number of allylic oxidation sites excluding steroid dienone is 1. The maximum atomic E-state index is 9.58. The molecule has 1 unspecified atom stereocenters. The van der Waals surface area contributed by atoms with Crippen LogP contribution >= 0.6 is 0 Å². The van der Waals surface area contributed by atoms with Crippen LogP contribution in [0.5, 0.6) is 5.75 Å². The Morgan fingerprint density at radius 2 is 2.09 bits per heavy atom. The number of aromatic hydroxyl groups is 1. The third-order valence-electron chi connectivity index (χ3n) is 3.49. The average Bonchev–Trinajstić information content (AvgIpc) is 2.48. The lowest BCUT2D eigenvalue weighted by atomic mass is 10.0. The molecule has 0 bridgehead atoms. The molecule has 124 valence electrons. The first-order chi connectivity index (χ1) is 10.4. The molecule has 0 heterocycles. The summed E-state index contributed by atoms with van der Waals surface area (Å²) in [6.07, 6.45) is 3.08. The fourth-order valence-corrected chi connectivity index (χ4v) is 2.03. The molecule has 1 atom stereocenters. The Balaban J connectivity index is 2.58. The molecule has 22 heavy (non-hydrogen) atoms. The second kappa shape index (κ2) is 9.46. The average molecular weight is 306 g/mol. The van der Waals surface area contributed by atoms with E-state index in [2.05, 4.69) is 50.0 Å². The molecule has 0 saturated heterocycles. The topological polar surface area (TPSA) is 59.6 Å². The quantitative estimate of drug-likeness (QED) is 0.417. The summed E-state index contributed by atoms with van der Waals surface area (Å²) >= 11 is 0. The Morgan fingerprint density at radius 3 is 2.68 bits per heavy atom. The highest BCUT2D eigenvalue weighted by Gasteiger charge is 2.12. The molecule has 0 aliphatic heterocycles. The Labute approximate surface area is 134 Å². The molecule has 0 aromatic heterocycles. The standard InChI is InChI=1S/C17H30N4O/c1-6-14(4)17(10-11-21(5)20-19-13(2)3)18-15-8-7-9-16(22)12-15/h6-9,12-13,17-20,22H,10-11H2,1-5H3/b14-6+. The van der Waals surface area contributed by atoms with Crippen LogP contribution in [0.2, 0.25) is 0 Å². The molecular weight excluding hydrogens is 276 g/mol. The van der Waals surface area contributed by atoms with Gasteiger partial charge in [-0.2, -0.15) is 5.53 Å². The minimum atomic E-state index is 0.232. The van der Waals surface area contributed by atoms with Crippen molar-refractivity contribution in [1.82, 2.24) is 16.0 Å². The third-order valence-corrected chi connectivity index (χ3v) is 3.49. The molecule has 0 radical (unpaired) electrons. The van der Waals surface area contributed by atoms with Crippen LogP contribution in [0.3, 0.4) is 0 Å². The van der Waals surface area contributed by atoms with Gasteiger partial charge in [0.25, 0.3) is 0 Å². The van der Waals surface area contributed by atoms with Gasteiger partial charge in [-0.1, -0.05) is 17.7 Å². The van der Waals surface area contributed by atoms with Crippen LogP contribution in [-0.4, -0.2) is 35.8 Å². The van der Waals surface area contributed by atoms with Gasteiger partial charge in [0.15, 0.2) is 0 Å². The molecule has 0 fully saturated rings. The maximum Gasteiger partial charge on any atom is 0.117 e. The van der Waals surface area contributed by atoms with Crippen molar-refractivity contribution in [2.75, 3.05) is 18.9 Å². The zero-order valence-corrected chi connectivity index (χ0v) is 14.4. The SMILES string of the molecule is C/C=C(\C)C(CCN(C)NNC(C)C)Nc1cccc(O)c1. The second-order valence-corrected chi connectivity index (χ2v) is 5.90. The van der Waals surface area contributed by atoms with Gasteiger partial charge in [-0.15, -0.1) is 0 Å². The molecule has 5 nitrogen and oxygen atoms in total. The minimum Gasteiger partial charge on any atom is -0.508 e. The summed E-state index contributed by atoms with van der Waals surface area (Å²) in [6.45, 7) is 9.25. The summed E-state index contributed by atoms with van der Waals surface area (Å²) < 4.78 is 0. The number of nitrogens with one attached hydrogen (secondary N) is 3. The lowest BCUT2D eigenvalue weighted by Gasteiger charge is -2.25. The van der Waals surface area contributed by atoms with Gasteiger partial charge in [0.2, 0.25) is 0 Å². The number of hydrogen-bond donors (Lipinski definition) is 4. The van der Waals surface area contributed by atoms with E-state index in [0.29, 0.717) is 6.04 Å². The van der Waals surface area contributed by atoms with Gasteiger partial charge in [0.05, 0.1) is 0 Å². The summed E-state index contributed by atoms with van der Waals surface area (Å²) in [4.78, 5) is 0. The first-order valence-electron chi connectivity index (χ1n) is 7.83. The number of hydrogen-bond acceptors (Lipinski definition) is 5. The number of phenolic OH excluding ortho intramolecular Hbond substituents is 1. The Kier molecular flexibility index (Phi) is 7.95. The summed E-state index contributed by atoms with van der Waals surface area (Å²) in [6, 6.07) is 7.87. The fourth-order valence-electron chi connectivity index (χ4n) is 2.03. The van der Waals surface area contributed by atoms with E-state index < -0.39 is 0 Å². The van der Waals surface area contributed by atoms with Crippen LogP contribution in [0.4, 0.5) is 5.69 Å². The van der Waals surface area contributed by atoms with Gasteiger partial charge in [-0.3, -0.25) is 0 Å². The van der Waals surface area contributed by atoms with Crippen LogP contribution in [0, 0.1) is 0 Å². The number of benzene rings is 1. The van der Waals surface area contributed by atoms with Gasteiger partial charge in [0.1, 0.15) is 5.75 Å². The Morgan fingerprint density at radius 1 is 1.36 bits per heavy atom. The smallest absolute Gasteiger partial charge is 0.117 e. The molecular formula is C17H30N4O. The fraction of sp³-hybridized carbons (Fsp3) is 0.529. The molecule has 1 aromatic carbocycles. The maximum absolute atomic E-state index is 9.58. The van der Waals surface area contributed by atoms with Crippen LogP contribution in [0.15, 0.2) is 35.9 Å². The van der Waals surface area contributed by atoms with Crippen molar-refractivity contribution in [2.45, 2.75) is 46.2 Å². The van der Waals surface area contributed by atoms with Crippen molar-refractivity contribution < 1.29 is 5.11 Å². The lowest BCUT2D eigenvalue weighted by molar-refractivity contribution is 0.177. The van der Waals surface area contributed by atoms with Gasteiger partial charge >= 0.3 is 0 Å². The molecule has 0 aliphatic carbocycles. The van der Waals surface area contributed by atoms with Crippen molar-refractivity contribution in [3.63, 3.8) is 0 Å². The molecule has 0 saturated carbocycles. The minimum absolute atomic E-state index is 0.232. The highest BCUT2D eigenvalue weighted by atomic mass is 16.3. The van der Waals surface area contributed by atoms with Crippen molar-refractivity contribution in [3.8, 4) is 5.75 Å². The van der Waals surface area contributed by atoms with Gasteiger partial charge in [-0.05, 0) is 46.2 Å². The molecule has 5 heteroatoms. The predicted octanol–water partition coefficient (Wildman–Crippen LogP) is 2.88.